The van der Waals surface area contributed by atoms with Crippen molar-refractivity contribution in [1.29, 1.82) is 0 Å². The molecule has 0 bridgehead atoms. The van der Waals surface area contributed by atoms with Gasteiger partial charge in [0.05, 0.1) is 22.9 Å². The molecule has 7 rings (SSSR count). The number of benzene rings is 3. The molecule has 0 aliphatic carbocycles. The van der Waals surface area contributed by atoms with Gasteiger partial charge >= 0.3 is 0 Å². The Morgan fingerprint density at radius 2 is 1.73 bits per heavy atom. The van der Waals surface area contributed by atoms with Crippen molar-refractivity contribution in [1.82, 2.24) is 19.5 Å². The van der Waals surface area contributed by atoms with Crippen LogP contribution in [0.1, 0.15) is 41.3 Å². The number of anilines is 2. The lowest BCUT2D eigenvalue weighted by Crippen LogP contribution is -2.24. The Bertz CT molecular complexity index is 2010. The van der Waals surface area contributed by atoms with Crippen LogP contribution in [-0.2, 0) is 24.9 Å². The van der Waals surface area contributed by atoms with Crippen LogP contribution >= 0.6 is 0 Å². The highest BCUT2D eigenvalue weighted by molar-refractivity contribution is 6.11. The van der Waals surface area contributed by atoms with Crippen molar-refractivity contribution >= 4 is 28.2 Å². The average molecular weight is 643 g/mol. The minimum absolute atomic E-state index is 0.0180. The van der Waals surface area contributed by atoms with Crippen molar-refractivity contribution in [2.24, 2.45) is 7.05 Å². The first-order valence-corrected chi connectivity index (χ1v) is 16.4. The van der Waals surface area contributed by atoms with Crippen LogP contribution in [0.3, 0.4) is 0 Å². The quantitative estimate of drug-likeness (QED) is 0.145. The number of fused-ring (bicyclic) bond motifs is 1. The molecule has 6 aromatic rings. The molecule has 1 saturated heterocycles. The van der Waals surface area contributed by atoms with Crippen LogP contribution in [0.2, 0.25) is 0 Å². The van der Waals surface area contributed by atoms with Gasteiger partial charge in [-0.1, -0.05) is 67.6 Å². The van der Waals surface area contributed by atoms with E-state index in [9.17, 15) is 4.79 Å². The number of carbonyl (C=O) groups excluding carboxylic acids is 1. The van der Waals surface area contributed by atoms with E-state index in [-0.39, 0.29) is 17.7 Å². The van der Waals surface area contributed by atoms with Gasteiger partial charge in [-0.25, -0.2) is 14.4 Å². The number of nitrogens with zero attached hydrogens (tertiary/aromatic N) is 5. The van der Waals surface area contributed by atoms with E-state index < -0.39 is 0 Å². The SMILES string of the molecule is CCC(=O)c1cnc(N(Cc2ccccc2)Cc2ccccc2)c2[nH]c(-c3c(F)cc(-c4nccn4C)cc3N3CC[C@@H](OC)C3)cc12. The predicted octanol–water partition coefficient (Wildman–Crippen LogP) is 7.79. The highest BCUT2D eigenvalue weighted by atomic mass is 19.1. The molecule has 1 fully saturated rings. The minimum atomic E-state index is -0.374. The fourth-order valence-electron chi connectivity index (χ4n) is 6.72. The number of halogens is 1. The number of hydrogen-bond acceptors (Lipinski definition) is 6. The molecule has 3 aromatic carbocycles. The van der Waals surface area contributed by atoms with Gasteiger partial charge in [-0.2, -0.15) is 0 Å². The lowest BCUT2D eigenvalue weighted by molar-refractivity contribution is 0.0989. The van der Waals surface area contributed by atoms with Crippen LogP contribution in [-0.4, -0.2) is 51.6 Å². The summed E-state index contributed by atoms with van der Waals surface area (Å²) in [5, 5.41) is 0.725. The van der Waals surface area contributed by atoms with Crippen molar-refractivity contribution < 1.29 is 13.9 Å². The highest BCUT2D eigenvalue weighted by Gasteiger charge is 2.29. The number of rotatable bonds is 11. The third-order valence-corrected chi connectivity index (χ3v) is 9.24. The number of aromatic amines is 1. The summed E-state index contributed by atoms with van der Waals surface area (Å²) in [5.41, 5.74) is 5.95. The first kappa shape index (κ1) is 31.3. The lowest BCUT2D eigenvalue weighted by Gasteiger charge is -2.25. The third-order valence-electron chi connectivity index (χ3n) is 9.24. The molecule has 48 heavy (non-hydrogen) atoms. The first-order chi connectivity index (χ1) is 23.4. The van der Waals surface area contributed by atoms with E-state index in [4.69, 9.17) is 9.72 Å². The maximum atomic E-state index is 16.6. The summed E-state index contributed by atoms with van der Waals surface area (Å²) >= 11 is 0. The zero-order chi connectivity index (χ0) is 33.2. The molecule has 0 spiro atoms. The van der Waals surface area contributed by atoms with Gasteiger partial charge < -0.3 is 24.1 Å². The number of ether oxygens (including phenoxy) is 1. The monoisotopic (exact) mass is 642 g/mol. The molecule has 3 aromatic heterocycles. The van der Waals surface area contributed by atoms with E-state index in [0.717, 1.165) is 35.2 Å². The molecule has 0 radical (unpaired) electrons. The number of ketones is 1. The van der Waals surface area contributed by atoms with E-state index in [1.54, 1.807) is 25.6 Å². The fourth-order valence-corrected chi connectivity index (χ4v) is 6.72. The molecule has 0 saturated carbocycles. The molecule has 1 aliphatic heterocycles. The highest BCUT2D eigenvalue weighted by Crippen LogP contribution is 2.41. The number of Topliss-reactive ketones (excluding diaryl/α,β-unsaturated/α-hetero) is 1. The van der Waals surface area contributed by atoms with Gasteiger partial charge in [-0.3, -0.25) is 4.79 Å². The van der Waals surface area contributed by atoms with Gasteiger partial charge in [0.2, 0.25) is 0 Å². The zero-order valence-electron chi connectivity index (χ0n) is 27.5. The van der Waals surface area contributed by atoms with Gasteiger partial charge in [0, 0.05) is 87.5 Å². The minimum Gasteiger partial charge on any atom is -0.380 e. The van der Waals surface area contributed by atoms with Crippen molar-refractivity contribution in [3.05, 3.63) is 120 Å². The van der Waals surface area contributed by atoms with E-state index in [2.05, 4.69) is 44.0 Å². The summed E-state index contributed by atoms with van der Waals surface area (Å²) in [4.78, 5) is 30.7. The van der Waals surface area contributed by atoms with E-state index >= 15 is 4.39 Å². The number of pyridine rings is 1. The number of aryl methyl sites for hydroxylation is 1. The topological polar surface area (TPSA) is 79.3 Å². The van der Waals surface area contributed by atoms with Crippen molar-refractivity contribution in [2.45, 2.75) is 39.0 Å². The van der Waals surface area contributed by atoms with E-state index in [0.29, 0.717) is 65.6 Å². The van der Waals surface area contributed by atoms with Gasteiger partial charge in [0.25, 0.3) is 0 Å². The second-order valence-electron chi connectivity index (χ2n) is 12.4. The molecule has 1 N–H and O–H groups in total. The molecular formula is C39H39FN6O2. The van der Waals surface area contributed by atoms with Crippen molar-refractivity contribution in [2.75, 3.05) is 30.0 Å². The Balaban J connectivity index is 1.42. The molecule has 244 valence electrons. The lowest BCUT2D eigenvalue weighted by atomic mass is 10.0. The van der Waals surface area contributed by atoms with Crippen LogP contribution in [0.4, 0.5) is 15.9 Å². The maximum absolute atomic E-state index is 16.6. The summed E-state index contributed by atoms with van der Waals surface area (Å²) < 4.78 is 24.2. The Morgan fingerprint density at radius 3 is 2.33 bits per heavy atom. The predicted molar refractivity (Wildman–Crippen MR) is 189 cm³/mol. The Labute approximate surface area is 279 Å². The van der Waals surface area contributed by atoms with Crippen LogP contribution in [0.15, 0.2) is 97.5 Å². The normalized spacial score (nSPS) is 14.6. The zero-order valence-corrected chi connectivity index (χ0v) is 27.5. The molecule has 0 unspecified atom stereocenters. The number of hydrogen-bond donors (Lipinski definition) is 1. The van der Waals surface area contributed by atoms with Gasteiger partial charge in [-0.05, 0) is 35.7 Å². The summed E-state index contributed by atoms with van der Waals surface area (Å²) in [6, 6.07) is 26.0. The van der Waals surface area contributed by atoms with Crippen LogP contribution in [0.5, 0.6) is 0 Å². The number of aromatic nitrogens is 4. The number of carbonyl (C=O) groups is 1. The fraction of sp³-hybridized carbons (Fsp3) is 0.256. The van der Waals surface area contributed by atoms with Crippen molar-refractivity contribution in [3.8, 4) is 22.6 Å². The molecule has 9 heteroatoms. The molecule has 0 amide bonds. The second kappa shape index (κ2) is 13.4. The Hall–Kier alpha value is -5.28. The number of nitrogens with one attached hydrogen (secondary N) is 1. The third kappa shape index (κ3) is 6.09. The summed E-state index contributed by atoms with van der Waals surface area (Å²) in [5.74, 6) is 0.987. The second-order valence-corrected chi connectivity index (χ2v) is 12.4. The van der Waals surface area contributed by atoms with Crippen LogP contribution in [0.25, 0.3) is 33.5 Å². The van der Waals surface area contributed by atoms with Crippen molar-refractivity contribution in [3.63, 3.8) is 0 Å². The Morgan fingerprint density at radius 1 is 1.02 bits per heavy atom. The standard InChI is InChI=1S/C39H39FN6O2/c1-4-35(47)31-22-42-39(46(23-26-11-7-5-8-12-26)24-27-13-9-6-10-14-27)37-30(31)21-33(43-37)36-32(40)19-28(38-41-16-18-44(38)2)20-34(36)45-17-15-29(25-45)48-3/h5-14,16,18-22,29,43H,4,15,17,23-25H2,1-3H3/t29-/m1/s1. The first-order valence-electron chi connectivity index (χ1n) is 16.4. The molecule has 1 aliphatic rings. The molecular weight excluding hydrogens is 603 g/mol. The molecule has 1 atom stereocenters. The van der Waals surface area contributed by atoms with E-state index in [1.165, 1.54) is 0 Å². The van der Waals surface area contributed by atoms with Crippen LogP contribution in [0, 0.1) is 5.82 Å². The van der Waals surface area contributed by atoms with Gasteiger partial charge in [-0.15, -0.1) is 0 Å². The smallest absolute Gasteiger partial charge is 0.164 e. The van der Waals surface area contributed by atoms with Gasteiger partial charge in [0.15, 0.2) is 11.6 Å². The Kier molecular flexibility index (Phi) is 8.78. The maximum Gasteiger partial charge on any atom is 0.164 e. The number of H-pyrrole nitrogens is 1. The summed E-state index contributed by atoms with van der Waals surface area (Å²) in [7, 11) is 3.62. The molecule has 8 nitrogen and oxygen atoms in total. The number of methoxy groups -OCH3 is 1. The largest absolute Gasteiger partial charge is 0.380 e. The summed E-state index contributed by atoms with van der Waals surface area (Å²) in [6.45, 7) is 4.40. The molecule has 4 heterocycles. The van der Waals surface area contributed by atoms with Gasteiger partial charge in [0.1, 0.15) is 11.6 Å². The summed E-state index contributed by atoms with van der Waals surface area (Å²) in [6.07, 6.45) is 6.47. The average Bonchev–Trinajstić information content (AvgIpc) is 3.88. The van der Waals surface area contributed by atoms with E-state index in [1.807, 2.05) is 73.3 Å². The number of imidazole rings is 1. The van der Waals surface area contributed by atoms with Crippen LogP contribution < -0.4 is 9.80 Å².